The Morgan fingerprint density at radius 1 is 1.10 bits per heavy atom. The van der Waals surface area contributed by atoms with E-state index >= 15 is 0 Å². The number of ether oxygens (including phenoxy) is 3. The Labute approximate surface area is 171 Å². The van der Waals surface area contributed by atoms with Gasteiger partial charge in [0.05, 0.1) is 13.7 Å². The van der Waals surface area contributed by atoms with Crippen LogP contribution in [0.3, 0.4) is 0 Å². The summed E-state index contributed by atoms with van der Waals surface area (Å²) in [7, 11) is 1.57. The Hall–Kier alpha value is -3.28. The van der Waals surface area contributed by atoms with Crippen molar-refractivity contribution in [2.45, 2.75) is 33.8 Å². The third-order valence-electron chi connectivity index (χ3n) is 4.29. The lowest BCUT2D eigenvalue weighted by molar-refractivity contribution is -0.148. The lowest BCUT2D eigenvalue weighted by Gasteiger charge is -2.15. The van der Waals surface area contributed by atoms with Gasteiger partial charge in [-0.1, -0.05) is 24.3 Å². The molecule has 0 unspecified atom stereocenters. The maximum atomic E-state index is 12.4. The standard InChI is InChI=1S/C23H27NO5/c1-6-28-20-14-18(10-12-19(20)27-5)11-13-21(25)29-17(4)23(26)24-22-15(2)8-7-9-16(22)3/h7-14,17H,6H2,1-5H3,(H,24,26)/b13-11+/t17-/m1/s1. The van der Waals surface area contributed by atoms with Crippen LogP contribution in [0.5, 0.6) is 11.5 Å². The number of anilines is 1. The molecule has 6 nitrogen and oxygen atoms in total. The number of aryl methyl sites for hydroxylation is 2. The second-order valence-electron chi connectivity index (χ2n) is 6.51. The monoisotopic (exact) mass is 397 g/mol. The van der Waals surface area contributed by atoms with E-state index in [2.05, 4.69) is 5.32 Å². The molecule has 0 aromatic heterocycles. The van der Waals surface area contributed by atoms with E-state index in [1.54, 1.807) is 31.4 Å². The number of para-hydroxylation sites is 1. The van der Waals surface area contributed by atoms with Crippen molar-refractivity contribution in [1.29, 1.82) is 0 Å². The van der Waals surface area contributed by atoms with Gasteiger partial charge in [-0.3, -0.25) is 4.79 Å². The summed E-state index contributed by atoms with van der Waals surface area (Å²) in [6.45, 7) is 7.73. The molecule has 0 saturated carbocycles. The van der Waals surface area contributed by atoms with Gasteiger partial charge in [0.15, 0.2) is 17.6 Å². The van der Waals surface area contributed by atoms with Crippen LogP contribution in [-0.2, 0) is 14.3 Å². The summed E-state index contributed by atoms with van der Waals surface area (Å²) < 4.78 is 16.0. The Balaban J connectivity index is 1.99. The number of esters is 1. The minimum Gasteiger partial charge on any atom is -0.493 e. The van der Waals surface area contributed by atoms with Gasteiger partial charge in [0, 0.05) is 11.8 Å². The van der Waals surface area contributed by atoms with Crippen molar-refractivity contribution in [1.82, 2.24) is 0 Å². The number of amides is 1. The minimum absolute atomic E-state index is 0.382. The van der Waals surface area contributed by atoms with Crippen LogP contribution in [0.15, 0.2) is 42.5 Å². The molecule has 1 N–H and O–H groups in total. The average Bonchev–Trinajstić information content (AvgIpc) is 2.69. The fraction of sp³-hybridized carbons (Fsp3) is 0.304. The molecule has 2 aromatic carbocycles. The molecule has 1 atom stereocenters. The largest absolute Gasteiger partial charge is 0.493 e. The smallest absolute Gasteiger partial charge is 0.331 e. The number of nitrogens with one attached hydrogen (secondary N) is 1. The van der Waals surface area contributed by atoms with Crippen molar-refractivity contribution < 1.29 is 23.8 Å². The van der Waals surface area contributed by atoms with Crippen molar-refractivity contribution in [3.05, 3.63) is 59.2 Å². The molecule has 0 bridgehead atoms. The van der Waals surface area contributed by atoms with Gasteiger partial charge >= 0.3 is 5.97 Å². The Morgan fingerprint density at radius 2 is 1.79 bits per heavy atom. The Bertz CT molecular complexity index is 884. The van der Waals surface area contributed by atoms with Crippen molar-refractivity contribution >= 4 is 23.6 Å². The lowest BCUT2D eigenvalue weighted by Crippen LogP contribution is -2.30. The summed E-state index contributed by atoms with van der Waals surface area (Å²) in [6.07, 6.45) is 1.95. The second-order valence-corrected chi connectivity index (χ2v) is 6.51. The summed E-state index contributed by atoms with van der Waals surface area (Å²) in [5.41, 5.74) is 3.37. The average molecular weight is 397 g/mol. The number of rotatable bonds is 8. The SMILES string of the molecule is CCOc1cc(/C=C/C(=O)O[C@H](C)C(=O)Nc2c(C)cccc2C)ccc1OC. The molecule has 0 saturated heterocycles. The zero-order chi connectivity index (χ0) is 21.4. The van der Waals surface area contributed by atoms with E-state index < -0.39 is 12.1 Å². The van der Waals surface area contributed by atoms with Crippen LogP contribution < -0.4 is 14.8 Å². The van der Waals surface area contributed by atoms with Gasteiger partial charge in [-0.05, 0) is 62.6 Å². The zero-order valence-electron chi connectivity index (χ0n) is 17.4. The van der Waals surface area contributed by atoms with Gasteiger partial charge < -0.3 is 19.5 Å². The number of hydrogen-bond acceptors (Lipinski definition) is 5. The lowest BCUT2D eigenvalue weighted by atomic mass is 10.1. The number of benzene rings is 2. The van der Waals surface area contributed by atoms with Gasteiger partial charge in [0.1, 0.15) is 0 Å². The van der Waals surface area contributed by atoms with E-state index in [4.69, 9.17) is 14.2 Å². The normalized spacial score (nSPS) is 11.8. The van der Waals surface area contributed by atoms with Crippen LogP contribution in [0, 0.1) is 13.8 Å². The quantitative estimate of drug-likeness (QED) is 0.531. The maximum absolute atomic E-state index is 12.4. The van der Waals surface area contributed by atoms with Gasteiger partial charge in [0.25, 0.3) is 5.91 Å². The number of methoxy groups -OCH3 is 1. The topological polar surface area (TPSA) is 73.9 Å². The second kappa shape index (κ2) is 10.3. The molecule has 0 aliphatic carbocycles. The molecule has 0 aliphatic heterocycles. The van der Waals surface area contributed by atoms with Gasteiger partial charge in [-0.15, -0.1) is 0 Å². The van der Waals surface area contributed by atoms with Gasteiger partial charge in [-0.25, -0.2) is 4.79 Å². The van der Waals surface area contributed by atoms with E-state index in [9.17, 15) is 9.59 Å². The molecule has 154 valence electrons. The highest BCUT2D eigenvalue weighted by Crippen LogP contribution is 2.28. The third kappa shape index (κ3) is 6.10. The van der Waals surface area contributed by atoms with Crippen LogP contribution in [0.25, 0.3) is 6.08 Å². The molecule has 2 aromatic rings. The first-order valence-electron chi connectivity index (χ1n) is 9.42. The molecule has 0 spiro atoms. The first kappa shape index (κ1) is 22.0. The Morgan fingerprint density at radius 3 is 2.41 bits per heavy atom. The van der Waals surface area contributed by atoms with E-state index in [1.165, 1.54) is 13.0 Å². The molecule has 1 amide bonds. The number of hydrogen-bond donors (Lipinski definition) is 1. The first-order chi connectivity index (χ1) is 13.8. The molecule has 0 aliphatic rings. The molecular formula is C23H27NO5. The zero-order valence-corrected chi connectivity index (χ0v) is 17.4. The number of carbonyl (C=O) groups is 2. The predicted octanol–water partition coefficient (Wildman–Crippen LogP) is 4.29. The van der Waals surface area contributed by atoms with Crippen molar-refractivity contribution in [3.63, 3.8) is 0 Å². The van der Waals surface area contributed by atoms with E-state index in [0.29, 0.717) is 18.1 Å². The van der Waals surface area contributed by atoms with Gasteiger partial charge in [-0.2, -0.15) is 0 Å². The molecule has 0 heterocycles. The van der Waals surface area contributed by atoms with E-state index in [1.807, 2.05) is 39.0 Å². The molecular weight excluding hydrogens is 370 g/mol. The highest BCUT2D eigenvalue weighted by Gasteiger charge is 2.18. The first-order valence-corrected chi connectivity index (χ1v) is 9.42. The number of carbonyl (C=O) groups excluding carboxylic acids is 2. The van der Waals surface area contributed by atoms with Crippen LogP contribution >= 0.6 is 0 Å². The summed E-state index contributed by atoms with van der Waals surface area (Å²) in [6, 6.07) is 11.1. The summed E-state index contributed by atoms with van der Waals surface area (Å²) in [4.78, 5) is 24.5. The summed E-state index contributed by atoms with van der Waals surface area (Å²) >= 11 is 0. The van der Waals surface area contributed by atoms with Crippen LogP contribution in [0.4, 0.5) is 5.69 Å². The summed E-state index contributed by atoms with van der Waals surface area (Å²) in [5, 5.41) is 2.82. The molecule has 0 fully saturated rings. The van der Waals surface area contributed by atoms with Crippen molar-refractivity contribution in [3.8, 4) is 11.5 Å². The molecule has 2 rings (SSSR count). The van der Waals surface area contributed by atoms with E-state index in [0.717, 1.165) is 22.4 Å². The molecule has 29 heavy (non-hydrogen) atoms. The fourth-order valence-electron chi connectivity index (χ4n) is 2.73. The summed E-state index contributed by atoms with van der Waals surface area (Å²) in [5.74, 6) is 0.213. The van der Waals surface area contributed by atoms with Crippen molar-refractivity contribution in [2.24, 2.45) is 0 Å². The van der Waals surface area contributed by atoms with Crippen LogP contribution in [-0.4, -0.2) is 31.7 Å². The molecule has 6 heteroatoms. The molecule has 0 radical (unpaired) electrons. The van der Waals surface area contributed by atoms with Gasteiger partial charge in [0.2, 0.25) is 0 Å². The highest BCUT2D eigenvalue weighted by molar-refractivity contribution is 5.97. The Kier molecular flexibility index (Phi) is 7.83. The van der Waals surface area contributed by atoms with E-state index in [-0.39, 0.29) is 5.91 Å². The third-order valence-corrected chi connectivity index (χ3v) is 4.29. The van der Waals surface area contributed by atoms with Crippen LogP contribution in [0.2, 0.25) is 0 Å². The van der Waals surface area contributed by atoms with Crippen LogP contribution in [0.1, 0.15) is 30.5 Å². The maximum Gasteiger partial charge on any atom is 0.331 e. The predicted molar refractivity (Wildman–Crippen MR) is 113 cm³/mol. The highest BCUT2D eigenvalue weighted by atomic mass is 16.5. The minimum atomic E-state index is -0.930. The fourth-order valence-corrected chi connectivity index (χ4v) is 2.73. The van der Waals surface area contributed by atoms with Crippen molar-refractivity contribution in [2.75, 3.05) is 19.0 Å².